The minimum Gasteiger partial charge on any atom is -0.462 e. The van der Waals surface area contributed by atoms with Crippen molar-refractivity contribution >= 4 is 39.5 Å². The van der Waals surface area contributed by atoms with Crippen LogP contribution in [-0.2, 0) is 65.4 Å². The van der Waals surface area contributed by atoms with Gasteiger partial charge in [-0.05, 0) is 31.6 Å². The summed E-state index contributed by atoms with van der Waals surface area (Å²) in [6.07, 6.45) is 56.9. The highest BCUT2D eigenvalue weighted by atomic mass is 31.2. The number of hydrogen-bond donors (Lipinski definition) is 3. The number of rotatable bonds is 75. The van der Waals surface area contributed by atoms with Crippen molar-refractivity contribution in [1.82, 2.24) is 0 Å². The second-order valence-corrected chi connectivity index (χ2v) is 30.4. The van der Waals surface area contributed by atoms with E-state index >= 15 is 0 Å². The van der Waals surface area contributed by atoms with Gasteiger partial charge in [-0.2, -0.15) is 0 Å². The molecule has 0 radical (unpaired) electrons. The maximum absolute atomic E-state index is 13.1. The highest BCUT2D eigenvalue weighted by molar-refractivity contribution is 7.47. The normalized spacial score (nSPS) is 14.0. The van der Waals surface area contributed by atoms with E-state index in [4.69, 9.17) is 37.0 Å². The second-order valence-electron chi connectivity index (χ2n) is 27.5. The lowest BCUT2D eigenvalue weighted by Gasteiger charge is -2.21. The summed E-state index contributed by atoms with van der Waals surface area (Å²) < 4.78 is 68.4. The second kappa shape index (κ2) is 68.2. The predicted molar refractivity (Wildman–Crippen MR) is 382 cm³/mol. The minimum absolute atomic E-state index is 0.108. The Morgan fingerprint density at radius 3 is 0.723 bits per heavy atom. The van der Waals surface area contributed by atoms with Crippen LogP contribution in [0.15, 0.2) is 0 Å². The van der Waals surface area contributed by atoms with Crippen LogP contribution in [0.3, 0.4) is 0 Å². The number of aliphatic hydroxyl groups is 1. The van der Waals surface area contributed by atoms with E-state index in [-0.39, 0.29) is 25.7 Å². The van der Waals surface area contributed by atoms with Crippen molar-refractivity contribution in [2.45, 2.75) is 412 Å². The lowest BCUT2D eigenvalue weighted by atomic mass is 10.0. The zero-order valence-electron chi connectivity index (χ0n) is 61.1. The van der Waals surface area contributed by atoms with E-state index in [9.17, 15) is 43.2 Å². The van der Waals surface area contributed by atoms with Gasteiger partial charge in [0.05, 0.1) is 26.4 Å². The molecule has 0 bridgehead atoms. The van der Waals surface area contributed by atoms with Crippen LogP contribution in [0.25, 0.3) is 0 Å². The summed E-state index contributed by atoms with van der Waals surface area (Å²) in [5, 5.41) is 10.6. The van der Waals surface area contributed by atoms with Crippen LogP contribution < -0.4 is 0 Å². The number of phosphoric acid groups is 2. The Labute approximate surface area is 575 Å². The fourth-order valence-electron chi connectivity index (χ4n) is 11.5. The molecule has 0 aromatic carbocycles. The van der Waals surface area contributed by atoms with Crippen molar-refractivity contribution in [2.24, 2.45) is 5.92 Å². The van der Waals surface area contributed by atoms with E-state index in [2.05, 4.69) is 34.6 Å². The summed E-state index contributed by atoms with van der Waals surface area (Å²) in [5.41, 5.74) is 0. The molecule has 0 aliphatic rings. The van der Waals surface area contributed by atoms with Crippen LogP contribution in [0.5, 0.6) is 0 Å². The molecule has 0 aliphatic heterocycles. The summed E-state index contributed by atoms with van der Waals surface area (Å²) in [6.45, 7) is 7.27. The van der Waals surface area contributed by atoms with Crippen molar-refractivity contribution in [3.63, 3.8) is 0 Å². The van der Waals surface area contributed by atoms with Crippen LogP contribution >= 0.6 is 15.6 Å². The van der Waals surface area contributed by atoms with Gasteiger partial charge in [0.25, 0.3) is 0 Å². The van der Waals surface area contributed by atoms with Crippen LogP contribution in [0.1, 0.15) is 394 Å². The molecule has 0 aliphatic carbocycles. The molecule has 5 atom stereocenters. The smallest absolute Gasteiger partial charge is 0.462 e. The molecule has 17 nitrogen and oxygen atoms in total. The van der Waals surface area contributed by atoms with Gasteiger partial charge >= 0.3 is 39.5 Å². The van der Waals surface area contributed by atoms with Gasteiger partial charge in [-0.1, -0.05) is 343 Å². The third-order valence-corrected chi connectivity index (χ3v) is 19.4. The molecular formula is C75H146O17P2. The maximum atomic E-state index is 13.1. The monoisotopic (exact) mass is 1380 g/mol. The molecule has 0 fully saturated rings. The van der Waals surface area contributed by atoms with E-state index in [1.54, 1.807) is 0 Å². The number of hydrogen-bond acceptors (Lipinski definition) is 15. The fraction of sp³-hybridized carbons (Fsp3) is 0.947. The van der Waals surface area contributed by atoms with Crippen molar-refractivity contribution in [3.8, 4) is 0 Å². The molecule has 0 heterocycles. The van der Waals surface area contributed by atoms with E-state index in [1.807, 2.05) is 0 Å². The van der Waals surface area contributed by atoms with E-state index < -0.39 is 97.5 Å². The van der Waals surface area contributed by atoms with E-state index in [0.717, 1.165) is 109 Å². The van der Waals surface area contributed by atoms with Gasteiger partial charge in [0.15, 0.2) is 12.2 Å². The Morgan fingerprint density at radius 1 is 0.287 bits per heavy atom. The lowest BCUT2D eigenvalue weighted by Crippen LogP contribution is -2.30. The third kappa shape index (κ3) is 68.6. The summed E-state index contributed by atoms with van der Waals surface area (Å²) in [6, 6.07) is 0. The van der Waals surface area contributed by atoms with Crippen molar-refractivity contribution in [1.29, 1.82) is 0 Å². The number of carbonyl (C=O) groups is 4. The molecule has 2 unspecified atom stereocenters. The predicted octanol–water partition coefficient (Wildman–Crippen LogP) is 22.1. The first kappa shape index (κ1) is 92.1. The largest absolute Gasteiger partial charge is 0.472 e. The molecule has 0 aromatic heterocycles. The number of aliphatic hydroxyl groups excluding tert-OH is 1. The van der Waals surface area contributed by atoms with Crippen LogP contribution in [0.2, 0.25) is 0 Å². The number of ether oxygens (including phenoxy) is 4. The van der Waals surface area contributed by atoms with Crippen molar-refractivity contribution in [3.05, 3.63) is 0 Å². The molecule has 0 saturated carbocycles. The van der Waals surface area contributed by atoms with Gasteiger partial charge in [-0.25, -0.2) is 9.13 Å². The van der Waals surface area contributed by atoms with Crippen molar-refractivity contribution < 1.29 is 80.2 Å². The maximum Gasteiger partial charge on any atom is 0.472 e. The Balaban J connectivity index is 5.20. The summed E-state index contributed by atoms with van der Waals surface area (Å²) in [5.74, 6) is -1.33. The molecule has 0 rings (SSSR count). The zero-order valence-corrected chi connectivity index (χ0v) is 62.9. The van der Waals surface area contributed by atoms with Crippen LogP contribution in [0.4, 0.5) is 0 Å². The van der Waals surface area contributed by atoms with Gasteiger partial charge in [-0.3, -0.25) is 37.3 Å². The topological polar surface area (TPSA) is 237 Å². The minimum atomic E-state index is -4.95. The molecule has 0 aromatic rings. The first-order valence-electron chi connectivity index (χ1n) is 39.1. The molecule has 0 saturated heterocycles. The number of esters is 4. The quantitative estimate of drug-likeness (QED) is 0.0222. The van der Waals surface area contributed by atoms with Crippen molar-refractivity contribution in [2.75, 3.05) is 39.6 Å². The summed E-state index contributed by atoms with van der Waals surface area (Å²) >= 11 is 0. The standard InChI is InChI=1S/C75H146O17P2/c1-6-9-12-15-18-20-22-24-26-27-28-32-37-41-46-51-56-61-75(80)92-71(65-86-73(78)59-54-49-44-39-35-33-29-30-34-38-43-47-52-57-68(4)5)67-90-94(83,84)88-63-69(76)62-87-93(81,82)89-66-70(64-85-72(77)58-53-48-42-17-14-11-8-3)91-74(79)60-55-50-45-40-36-31-25-23-21-19-16-13-10-7-2/h68-71,76H,6-67H2,1-5H3,(H,81,82)(H,83,84)/t69-,70+,71+/m0/s1. The van der Waals surface area contributed by atoms with Gasteiger partial charge in [0, 0.05) is 25.7 Å². The number of phosphoric ester groups is 2. The Kier molecular flexibility index (Phi) is 66.8. The molecule has 0 amide bonds. The van der Waals surface area contributed by atoms with Gasteiger partial charge < -0.3 is 33.8 Å². The van der Waals surface area contributed by atoms with Gasteiger partial charge in [0.1, 0.15) is 19.3 Å². The average Bonchev–Trinajstić information content (AvgIpc) is 1.96. The van der Waals surface area contributed by atoms with E-state index in [1.165, 1.54) is 205 Å². The SMILES string of the molecule is CCCCCCCCCCCCCCCCCCCC(=O)O[C@H](COC(=O)CCCCCCCCCCCCCCCC(C)C)COP(=O)(O)OC[C@@H](O)COP(=O)(O)OC[C@@H](COC(=O)CCCCCCCCC)OC(=O)CCCCCCCCCCCCCCCC. The number of unbranched alkanes of at least 4 members (excludes halogenated alkanes) is 47. The fourth-order valence-corrected chi connectivity index (χ4v) is 13.1. The van der Waals surface area contributed by atoms with Crippen LogP contribution in [-0.4, -0.2) is 96.7 Å². The van der Waals surface area contributed by atoms with Gasteiger partial charge in [-0.15, -0.1) is 0 Å². The average molecular weight is 1380 g/mol. The first-order valence-corrected chi connectivity index (χ1v) is 42.1. The molecular weight excluding hydrogens is 1230 g/mol. The summed E-state index contributed by atoms with van der Waals surface area (Å²) in [4.78, 5) is 72.7. The lowest BCUT2D eigenvalue weighted by molar-refractivity contribution is -0.161. The molecule has 3 N–H and O–H groups in total. The molecule has 558 valence electrons. The third-order valence-electron chi connectivity index (χ3n) is 17.5. The Morgan fingerprint density at radius 2 is 0.489 bits per heavy atom. The van der Waals surface area contributed by atoms with Crippen LogP contribution in [0, 0.1) is 5.92 Å². The molecule has 19 heteroatoms. The Bertz CT molecular complexity index is 1810. The Hall–Kier alpha value is -1.94. The van der Waals surface area contributed by atoms with Gasteiger partial charge in [0.2, 0.25) is 0 Å². The highest BCUT2D eigenvalue weighted by Crippen LogP contribution is 2.45. The first-order chi connectivity index (χ1) is 45.5. The number of carbonyl (C=O) groups excluding carboxylic acids is 4. The molecule has 0 spiro atoms. The molecule has 94 heavy (non-hydrogen) atoms. The zero-order chi connectivity index (χ0) is 69.1. The summed E-state index contributed by atoms with van der Waals surface area (Å²) in [7, 11) is -9.90. The highest BCUT2D eigenvalue weighted by Gasteiger charge is 2.30. The van der Waals surface area contributed by atoms with E-state index in [0.29, 0.717) is 25.7 Å².